The zero-order chi connectivity index (χ0) is 22.7. The number of benzene rings is 3. The van der Waals surface area contributed by atoms with E-state index in [1.807, 2.05) is 54.6 Å². The smallest absolute Gasteiger partial charge is 0.255 e. The van der Waals surface area contributed by atoms with Crippen LogP contribution in [0.1, 0.15) is 15.9 Å². The first-order valence-electron chi connectivity index (χ1n) is 10.6. The van der Waals surface area contributed by atoms with Crippen molar-refractivity contribution < 1.29 is 4.79 Å². The van der Waals surface area contributed by atoms with Gasteiger partial charge in [-0.15, -0.1) is 0 Å². The third kappa shape index (κ3) is 4.98. The van der Waals surface area contributed by atoms with Crippen molar-refractivity contribution in [3.8, 4) is 11.1 Å². The van der Waals surface area contributed by atoms with E-state index in [0.29, 0.717) is 5.56 Å². The molecule has 32 heavy (non-hydrogen) atoms. The van der Waals surface area contributed by atoms with Gasteiger partial charge in [-0.25, -0.2) is 4.98 Å². The first-order valence-corrected chi connectivity index (χ1v) is 11.5. The fourth-order valence-electron chi connectivity index (χ4n) is 3.50. The van der Waals surface area contributed by atoms with Gasteiger partial charge in [-0.2, -0.15) is 0 Å². The normalized spacial score (nSPS) is 11.2. The highest BCUT2D eigenvalue weighted by Gasteiger charge is 2.12. The maximum absolute atomic E-state index is 12.8. The number of anilines is 2. The first kappa shape index (κ1) is 22.0. The third-order valence-corrected chi connectivity index (χ3v) is 6.58. The van der Waals surface area contributed by atoms with Crippen LogP contribution in [0.3, 0.4) is 0 Å². The van der Waals surface area contributed by atoms with E-state index in [-0.39, 0.29) is 5.91 Å². The van der Waals surface area contributed by atoms with Crippen LogP contribution in [0.25, 0.3) is 21.3 Å². The molecule has 1 amide bonds. The number of rotatable bonds is 7. The van der Waals surface area contributed by atoms with Crippen molar-refractivity contribution in [3.63, 3.8) is 0 Å². The molecule has 0 bridgehead atoms. The predicted molar refractivity (Wildman–Crippen MR) is 136 cm³/mol. The highest BCUT2D eigenvalue weighted by molar-refractivity contribution is 7.22. The largest absolute Gasteiger partial charge is 0.350 e. The number of carbonyl (C=O) groups is 1. The number of hydrogen-bond donors (Lipinski definition) is 1. The number of aromatic nitrogens is 1. The summed E-state index contributed by atoms with van der Waals surface area (Å²) in [4.78, 5) is 21.8. The van der Waals surface area contributed by atoms with Gasteiger partial charge in [0.25, 0.3) is 5.91 Å². The summed E-state index contributed by atoms with van der Waals surface area (Å²) in [7, 11) is 6.19. The minimum absolute atomic E-state index is 0.117. The van der Waals surface area contributed by atoms with Crippen LogP contribution in [0.5, 0.6) is 0 Å². The lowest BCUT2D eigenvalue weighted by Gasteiger charge is -2.18. The lowest BCUT2D eigenvalue weighted by molar-refractivity contribution is 0.102. The Bertz CT molecular complexity index is 1230. The van der Waals surface area contributed by atoms with Gasteiger partial charge < -0.3 is 15.1 Å². The molecule has 4 rings (SSSR count). The standard InChI is InChI=1S/C26H28N4OS/c1-18-7-5-6-8-22(18)19-9-11-20(12-10-19)25(31)27-21-13-14-23-24(17-21)32-26(28-23)30(4)16-15-29(2)3/h5-14,17H,15-16H2,1-4H3,(H,27,31). The lowest BCUT2D eigenvalue weighted by Crippen LogP contribution is -2.28. The Morgan fingerprint density at radius 2 is 1.72 bits per heavy atom. The van der Waals surface area contributed by atoms with Gasteiger partial charge in [0.1, 0.15) is 0 Å². The van der Waals surface area contributed by atoms with Gasteiger partial charge in [0, 0.05) is 31.4 Å². The molecule has 0 saturated carbocycles. The van der Waals surface area contributed by atoms with E-state index in [1.165, 1.54) is 11.1 Å². The molecule has 0 aliphatic carbocycles. The van der Waals surface area contributed by atoms with E-state index in [2.05, 4.69) is 55.3 Å². The van der Waals surface area contributed by atoms with Crippen molar-refractivity contribution in [2.24, 2.45) is 0 Å². The summed E-state index contributed by atoms with van der Waals surface area (Å²) in [6.07, 6.45) is 0. The first-order chi connectivity index (χ1) is 15.4. The van der Waals surface area contributed by atoms with Crippen molar-refractivity contribution >= 4 is 38.3 Å². The van der Waals surface area contributed by atoms with Crippen molar-refractivity contribution in [1.82, 2.24) is 9.88 Å². The Balaban J connectivity index is 1.47. The molecule has 164 valence electrons. The highest BCUT2D eigenvalue weighted by Crippen LogP contribution is 2.30. The van der Waals surface area contributed by atoms with E-state index in [1.54, 1.807) is 11.3 Å². The fourth-order valence-corrected chi connectivity index (χ4v) is 4.49. The average molecular weight is 445 g/mol. The molecule has 0 spiro atoms. The maximum Gasteiger partial charge on any atom is 0.255 e. The number of nitrogens with zero attached hydrogens (tertiary/aromatic N) is 3. The molecule has 1 aromatic heterocycles. The minimum Gasteiger partial charge on any atom is -0.350 e. The Morgan fingerprint density at radius 1 is 0.969 bits per heavy atom. The third-order valence-electron chi connectivity index (χ3n) is 5.45. The molecule has 0 saturated heterocycles. The fraction of sp³-hybridized carbons (Fsp3) is 0.231. The molecule has 0 radical (unpaired) electrons. The molecule has 0 aliphatic heterocycles. The van der Waals surface area contributed by atoms with Crippen LogP contribution in [0.15, 0.2) is 66.7 Å². The summed E-state index contributed by atoms with van der Waals surface area (Å²) in [6.45, 7) is 3.97. The molecule has 1 heterocycles. The summed E-state index contributed by atoms with van der Waals surface area (Å²) in [5, 5.41) is 4.00. The SMILES string of the molecule is Cc1ccccc1-c1ccc(C(=O)Nc2ccc3nc(N(C)CCN(C)C)sc3c2)cc1. The van der Waals surface area contributed by atoms with Crippen molar-refractivity contribution in [1.29, 1.82) is 0 Å². The van der Waals surface area contributed by atoms with Crippen LogP contribution in [0.2, 0.25) is 0 Å². The number of nitrogens with one attached hydrogen (secondary N) is 1. The quantitative estimate of drug-likeness (QED) is 0.408. The minimum atomic E-state index is -0.117. The van der Waals surface area contributed by atoms with E-state index in [4.69, 9.17) is 4.98 Å². The topological polar surface area (TPSA) is 48.5 Å². The summed E-state index contributed by atoms with van der Waals surface area (Å²) < 4.78 is 1.06. The van der Waals surface area contributed by atoms with E-state index in [0.717, 1.165) is 39.7 Å². The molecule has 0 atom stereocenters. The van der Waals surface area contributed by atoms with Gasteiger partial charge in [0.2, 0.25) is 0 Å². The van der Waals surface area contributed by atoms with Gasteiger partial charge >= 0.3 is 0 Å². The van der Waals surface area contributed by atoms with Crippen LogP contribution in [-0.4, -0.2) is 50.0 Å². The Kier molecular flexibility index (Phi) is 6.53. The van der Waals surface area contributed by atoms with Gasteiger partial charge in [0.05, 0.1) is 10.2 Å². The van der Waals surface area contributed by atoms with E-state index < -0.39 is 0 Å². The molecular formula is C26H28N4OS. The molecule has 0 unspecified atom stereocenters. The molecule has 0 fully saturated rings. The van der Waals surface area contributed by atoms with E-state index >= 15 is 0 Å². The summed E-state index contributed by atoms with van der Waals surface area (Å²) >= 11 is 1.64. The van der Waals surface area contributed by atoms with Crippen molar-refractivity contribution in [2.45, 2.75) is 6.92 Å². The monoisotopic (exact) mass is 444 g/mol. The van der Waals surface area contributed by atoms with Crippen LogP contribution in [0.4, 0.5) is 10.8 Å². The lowest BCUT2D eigenvalue weighted by atomic mass is 9.99. The number of hydrogen-bond acceptors (Lipinski definition) is 5. The number of amides is 1. The second-order valence-electron chi connectivity index (χ2n) is 8.25. The van der Waals surface area contributed by atoms with Crippen LogP contribution in [0, 0.1) is 6.92 Å². The zero-order valence-electron chi connectivity index (χ0n) is 18.9. The van der Waals surface area contributed by atoms with Crippen molar-refractivity contribution in [3.05, 3.63) is 77.9 Å². The molecule has 5 nitrogen and oxygen atoms in total. The van der Waals surface area contributed by atoms with Crippen LogP contribution in [-0.2, 0) is 0 Å². The molecule has 4 aromatic rings. The zero-order valence-corrected chi connectivity index (χ0v) is 19.7. The van der Waals surface area contributed by atoms with E-state index in [9.17, 15) is 4.79 Å². The van der Waals surface area contributed by atoms with Crippen LogP contribution >= 0.6 is 11.3 Å². The predicted octanol–water partition coefficient (Wildman–Crippen LogP) is 5.52. The number of likely N-dealkylation sites (N-methyl/N-ethyl adjacent to an activating group) is 2. The van der Waals surface area contributed by atoms with Gasteiger partial charge in [-0.3, -0.25) is 4.79 Å². The molecular weight excluding hydrogens is 416 g/mol. The number of aryl methyl sites for hydroxylation is 1. The summed E-state index contributed by atoms with van der Waals surface area (Å²) in [5.41, 5.74) is 5.86. The molecule has 0 aliphatic rings. The Hall–Kier alpha value is -3.22. The Morgan fingerprint density at radius 3 is 2.44 bits per heavy atom. The summed E-state index contributed by atoms with van der Waals surface area (Å²) in [6, 6.07) is 21.9. The second-order valence-corrected chi connectivity index (χ2v) is 9.26. The maximum atomic E-state index is 12.8. The average Bonchev–Trinajstić information content (AvgIpc) is 3.21. The number of thiazole rings is 1. The highest BCUT2D eigenvalue weighted by atomic mass is 32.1. The van der Waals surface area contributed by atoms with Crippen molar-refractivity contribution in [2.75, 3.05) is 44.4 Å². The molecule has 1 N–H and O–H groups in total. The van der Waals surface area contributed by atoms with Gasteiger partial charge in [-0.1, -0.05) is 47.7 Å². The summed E-state index contributed by atoms with van der Waals surface area (Å²) in [5.74, 6) is -0.117. The molecule has 3 aromatic carbocycles. The van der Waals surface area contributed by atoms with Gasteiger partial charge in [0.15, 0.2) is 5.13 Å². The van der Waals surface area contributed by atoms with Gasteiger partial charge in [-0.05, 0) is 68.0 Å². The number of fused-ring (bicyclic) bond motifs is 1. The van der Waals surface area contributed by atoms with Crippen LogP contribution < -0.4 is 10.2 Å². The number of carbonyl (C=O) groups excluding carboxylic acids is 1. The second kappa shape index (κ2) is 9.51. The Labute approximate surface area is 193 Å². The molecule has 6 heteroatoms.